The fourth-order valence-corrected chi connectivity index (χ4v) is 4.23. The van der Waals surface area contributed by atoms with Crippen molar-refractivity contribution in [2.24, 2.45) is 0 Å². The minimum atomic E-state index is -0.703. The minimum absolute atomic E-state index is 0.114. The standard InChI is InChI=1S/C30H28ClN3O5/c1-4-5-15-39-30(38)20-10-12-23(13-11-20)34-28(36)25(31)26(29(34)37)32-22-8-6-7-21(17-22)27(35)33-24-14-9-18(2)16-19(24)3/h6-14,16-17,32H,4-5,15H2,1-3H3,(H,33,35). The first-order chi connectivity index (χ1) is 18.7. The number of nitrogens with zero attached hydrogens (tertiary/aromatic N) is 1. The summed E-state index contributed by atoms with van der Waals surface area (Å²) in [4.78, 5) is 52.0. The summed E-state index contributed by atoms with van der Waals surface area (Å²) in [5.74, 6) is -2.16. The third-order valence-electron chi connectivity index (χ3n) is 6.14. The van der Waals surface area contributed by atoms with Gasteiger partial charge in [-0.15, -0.1) is 0 Å². The van der Waals surface area contributed by atoms with E-state index in [2.05, 4.69) is 10.6 Å². The quantitative estimate of drug-likeness (QED) is 0.196. The Bertz CT molecular complexity index is 1480. The van der Waals surface area contributed by atoms with Gasteiger partial charge >= 0.3 is 5.97 Å². The topological polar surface area (TPSA) is 105 Å². The van der Waals surface area contributed by atoms with Crippen molar-refractivity contribution in [2.75, 3.05) is 22.1 Å². The second-order valence-electron chi connectivity index (χ2n) is 9.15. The van der Waals surface area contributed by atoms with Crippen LogP contribution in [0.15, 0.2) is 77.5 Å². The van der Waals surface area contributed by atoms with Crippen LogP contribution in [0.25, 0.3) is 0 Å². The number of imide groups is 1. The molecule has 2 N–H and O–H groups in total. The Hall–Kier alpha value is -4.43. The number of hydrogen-bond donors (Lipinski definition) is 2. The molecule has 0 saturated heterocycles. The number of ether oxygens (including phenoxy) is 1. The Morgan fingerprint density at radius 2 is 1.67 bits per heavy atom. The van der Waals surface area contributed by atoms with E-state index in [0.29, 0.717) is 29.1 Å². The van der Waals surface area contributed by atoms with Crippen LogP contribution in [-0.4, -0.2) is 30.3 Å². The highest BCUT2D eigenvalue weighted by molar-refractivity contribution is 6.53. The fraction of sp³-hybridized carbons (Fsp3) is 0.200. The smallest absolute Gasteiger partial charge is 0.338 e. The Kier molecular flexibility index (Phi) is 8.46. The monoisotopic (exact) mass is 545 g/mol. The van der Waals surface area contributed by atoms with Gasteiger partial charge in [-0.1, -0.05) is 48.7 Å². The summed E-state index contributed by atoms with van der Waals surface area (Å²) in [6, 6.07) is 18.2. The van der Waals surface area contributed by atoms with Gasteiger partial charge in [0.05, 0.1) is 17.9 Å². The molecule has 0 aromatic heterocycles. The Morgan fingerprint density at radius 3 is 2.36 bits per heavy atom. The summed E-state index contributed by atoms with van der Waals surface area (Å²) >= 11 is 6.26. The molecule has 3 amide bonds. The van der Waals surface area contributed by atoms with Crippen LogP contribution in [0.1, 0.15) is 51.6 Å². The number of unbranched alkanes of at least 4 members (excludes halogenated alkanes) is 1. The molecule has 8 nitrogen and oxygen atoms in total. The molecule has 9 heteroatoms. The summed E-state index contributed by atoms with van der Waals surface area (Å²) in [5.41, 5.74) is 3.93. The molecule has 1 heterocycles. The van der Waals surface area contributed by atoms with Crippen LogP contribution in [-0.2, 0) is 14.3 Å². The van der Waals surface area contributed by atoms with Gasteiger partial charge in [0.1, 0.15) is 10.7 Å². The fourth-order valence-electron chi connectivity index (χ4n) is 4.02. The summed E-state index contributed by atoms with van der Waals surface area (Å²) in [7, 11) is 0. The number of halogens is 1. The molecule has 0 fully saturated rings. The van der Waals surface area contributed by atoms with E-state index in [1.807, 2.05) is 39.0 Å². The molecule has 39 heavy (non-hydrogen) atoms. The number of carbonyl (C=O) groups is 4. The molecular formula is C30H28ClN3O5. The van der Waals surface area contributed by atoms with Crippen LogP contribution in [0.5, 0.6) is 0 Å². The maximum Gasteiger partial charge on any atom is 0.338 e. The molecule has 3 aromatic carbocycles. The molecule has 0 spiro atoms. The second-order valence-corrected chi connectivity index (χ2v) is 9.53. The summed E-state index contributed by atoms with van der Waals surface area (Å²) in [6.45, 7) is 6.21. The Balaban J connectivity index is 1.47. The largest absolute Gasteiger partial charge is 0.462 e. The Morgan fingerprint density at radius 1 is 0.923 bits per heavy atom. The summed E-state index contributed by atoms with van der Waals surface area (Å²) < 4.78 is 5.19. The van der Waals surface area contributed by atoms with Crippen LogP contribution < -0.4 is 15.5 Å². The lowest BCUT2D eigenvalue weighted by Crippen LogP contribution is -2.32. The molecule has 0 radical (unpaired) electrons. The van der Waals surface area contributed by atoms with Crippen LogP contribution in [0.2, 0.25) is 0 Å². The number of anilines is 3. The van der Waals surface area contributed by atoms with Crippen LogP contribution >= 0.6 is 11.6 Å². The number of carbonyl (C=O) groups excluding carboxylic acids is 4. The average molecular weight is 546 g/mol. The van der Waals surface area contributed by atoms with E-state index < -0.39 is 17.8 Å². The van der Waals surface area contributed by atoms with Crippen molar-refractivity contribution in [1.29, 1.82) is 0 Å². The number of amides is 3. The normalized spacial score (nSPS) is 13.1. The highest BCUT2D eigenvalue weighted by atomic mass is 35.5. The molecule has 1 aliphatic heterocycles. The minimum Gasteiger partial charge on any atom is -0.462 e. The number of nitrogens with one attached hydrogen (secondary N) is 2. The second kappa shape index (κ2) is 12.0. The first-order valence-electron chi connectivity index (χ1n) is 12.5. The number of aryl methyl sites for hydroxylation is 2. The van der Waals surface area contributed by atoms with Crippen LogP contribution in [0.3, 0.4) is 0 Å². The van der Waals surface area contributed by atoms with Crippen molar-refractivity contribution in [2.45, 2.75) is 33.6 Å². The van der Waals surface area contributed by atoms with Crippen molar-refractivity contribution >= 4 is 52.4 Å². The number of esters is 1. The zero-order valence-electron chi connectivity index (χ0n) is 21.8. The molecule has 200 valence electrons. The van der Waals surface area contributed by atoms with Crippen LogP contribution in [0.4, 0.5) is 17.1 Å². The highest BCUT2D eigenvalue weighted by Crippen LogP contribution is 2.30. The van der Waals surface area contributed by atoms with Crippen LogP contribution in [0, 0.1) is 13.8 Å². The zero-order valence-corrected chi connectivity index (χ0v) is 22.6. The number of rotatable bonds is 9. The van der Waals surface area contributed by atoms with Gasteiger partial charge in [-0.25, -0.2) is 9.69 Å². The van der Waals surface area contributed by atoms with E-state index in [9.17, 15) is 19.2 Å². The van der Waals surface area contributed by atoms with Crippen molar-refractivity contribution in [3.05, 3.63) is 99.7 Å². The van der Waals surface area contributed by atoms with E-state index in [4.69, 9.17) is 16.3 Å². The lowest BCUT2D eigenvalue weighted by atomic mass is 10.1. The molecule has 0 unspecified atom stereocenters. The van der Waals surface area contributed by atoms with Crippen molar-refractivity contribution in [3.8, 4) is 0 Å². The van der Waals surface area contributed by atoms with Crippen molar-refractivity contribution in [3.63, 3.8) is 0 Å². The molecule has 0 atom stereocenters. The molecular weight excluding hydrogens is 518 g/mol. The van der Waals surface area contributed by atoms with E-state index >= 15 is 0 Å². The van der Waals surface area contributed by atoms with Crippen molar-refractivity contribution in [1.82, 2.24) is 0 Å². The van der Waals surface area contributed by atoms with Gasteiger partial charge in [0, 0.05) is 16.9 Å². The van der Waals surface area contributed by atoms with E-state index in [0.717, 1.165) is 28.9 Å². The summed E-state index contributed by atoms with van der Waals surface area (Å²) in [5, 5.41) is 5.49. The molecule has 3 aromatic rings. The maximum atomic E-state index is 13.2. The average Bonchev–Trinajstić information content (AvgIpc) is 3.13. The van der Waals surface area contributed by atoms with E-state index in [1.54, 1.807) is 24.3 Å². The Labute approximate surface area is 231 Å². The van der Waals surface area contributed by atoms with Gasteiger partial charge in [-0.3, -0.25) is 14.4 Å². The molecule has 0 saturated carbocycles. The van der Waals surface area contributed by atoms with Gasteiger partial charge < -0.3 is 15.4 Å². The zero-order chi connectivity index (χ0) is 28.1. The predicted octanol–water partition coefficient (Wildman–Crippen LogP) is 5.95. The van der Waals surface area contributed by atoms with E-state index in [-0.39, 0.29) is 22.3 Å². The third-order valence-corrected chi connectivity index (χ3v) is 6.49. The first kappa shape index (κ1) is 27.6. The molecule has 0 bridgehead atoms. The SMILES string of the molecule is CCCCOC(=O)c1ccc(N2C(=O)C(Cl)=C(Nc3cccc(C(=O)Nc4ccc(C)cc4C)c3)C2=O)cc1. The molecule has 1 aliphatic rings. The number of benzene rings is 3. The molecule has 4 rings (SSSR count). The van der Waals surface area contributed by atoms with E-state index in [1.165, 1.54) is 24.3 Å². The third kappa shape index (κ3) is 6.18. The van der Waals surface area contributed by atoms with Gasteiger partial charge in [0.25, 0.3) is 17.7 Å². The van der Waals surface area contributed by atoms with Gasteiger partial charge in [0.2, 0.25) is 0 Å². The van der Waals surface area contributed by atoms with Gasteiger partial charge in [-0.05, 0) is 74.4 Å². The number of hydrogen-bond acceptors (Lipinski definition) is 6. The lowest BCUT2D eigenvalue weighted by molar-refractivity contribution is -0.120. The maximum absolute atomic E-state index is 13.2. The van der Waals surface area contributed by atoms with Crippen molar-refractivity contribution < 1.29 is 23.9 Å². The lowest BCUT2D eigenvalue weighted by Gasteiger charge is -2.16. The predicted molar refractivity (Wildman–Crippen MR) is 151 cm³/mol. The first-order valence-corrected chi connectivity index (χ1v) is 12.9. The molecule has 0 aliphatic carbocycles. The summed E-state index contributed by atoms with van der Waals surface area (Å²) in [6.07, 6.45) is 1.67. The highest BCUT2D eigenvalue weighted by Gasteiger charge is 2.39. The van der Waals surface area contributed by atoms with Gasteiger partial charge in [0.15, 0.2) is 0 Å². The van der Waals surface area contributed by atoms with Gasteiger partial charge in [-0.2, -0.15) is 0 Å².